The number of hydrogen-bond donors (Lipinski definition) is 0. The zero-order valence-electron chi connectivity index (χ0n) is 18.3. The Kier molecular flexibility index (Phi) is 8.79. The fourth-order valence-electron chi connectivity index (χ4n) is 4.11. The maximum absolute atomic E-state index is 2.64. The van der Waals surface area contributed by atoms with E-state index in [1.54, 1.807) is 0 Å². The van der Waals surface area contributed by atoms with Gasteiger partial charge in [0, 0.05) is 51.4 Å². The monoisotopic (exact) mass is 391 g/mol. The van der Waals surface area contributed by atoms with Crippen molar-refractivity contribution in [2.45, 2.75) is 33.1 Å². The van der Waals surface area contributed by atoms with E-state index in [9.17, 15) is 0 Å². The second-order valence-electron chi connectivity index (χ2n) is 8.18. The molecule has 0 bridgehead atoms. The maximum atomic E-state index is 2.64. The first-order valence-corrected chi connectivity index (χ1v) is 11.2. The highest BCUT2D eigenvalue weighted by molar-refractivity contribution is 5.28. The molecule has 1 aromatic rings. The minimum Gasteiger partial charge on any atom is -0.351 e. The van der Waals surface area contributed by atoms with Crippen molar-refractivity contribution in [3.05, 3.63) is 83.7 Å². The molecule has 1 fully saturated rings. The molecule has 1 aromatic carbocycles. The Morgan fingerprint density at radius 2 is 1.62 bits per heavy atom. The van der Waals surface area contributed by atoms with Crippen molar-refractivity contribution in [1.29, 1.82) is 0 Å². The van der Waals surface area contributed by atoms with Crippen LogP contribution in [0, 0.1) is 0 Å². The summed E-state index contributed by atoms with van der Waals surface area (Å²) in [6.07, 6.45) is 16.6. The molecule has 1 aliphatic heterocycles. The average molecular weight is 392 g/mol. The third kappa shape index (κ3) is 7.34. The highest BCUT2D eigenvalue weighted by atomic mass is 15.3. The Hall–Kier alpha value is -2.10. The van der Waals surface area contributed by atoms with Crippen LogP contribution in [0.15, 0.2) is 78.2 Å². The van der Waals surface area contributed by atoms with Crippen molar-refractivity contribution in [3.8, 4) is 0 Å². The molecule has 0 radical (unpaired) electrons. The number of hydrogen-bond acceptors (Lipinski definition) is 3. The van der Waals surface area contributed by atoms with E-state index in [1.165, 1.54) is 62.5 Å². The average Bonchev–Trinajstić information content (AvgIpc) is 2.97. The molecular weight excluding hydrogens is 354 g/mol. The van der Waals surface area contributed by atoms with Crippen molar-refractivity contribution in [3.63, 3.8) is 0 Å². The summed E-state index contributed by atoms with van der Waals surface area (Å²) in [6.45, 7) is 12.6. The number of piperazine rings is 1. The largest absolute Gasteiger partial charge is 0.351 e. The minimum absolute atomic E-state index is 1.04. The van der Waals surface area contributed by atoms with Crippen LogP contribution >= 0.6 is 0 Å². The summed E-state index contributed by atoms with van der Waals surface area (Å²) in [6, 6.07) is 10.9. The van der Waals surface area contributed by atoms with Crippen LogP contribution in [0.3, 0.4) is 0 Å². The predicted molar refractivity (Wildman–Crippen MR) is 125 cm³/mol. The molecule has 29 heavy (non-hydrogen) atoms. The first-order chi connectivity index (χ1) is 14.2. The summed E-state index contributed by atoms with van der Waals surface area (Å²) in [5.41, 5.74) is 4.27. The van der Waals surface area contributed by atoms with Gasteiger partial charge in [-0.05, 0) is 51.1 Å². The molecule has 1 heterocycles. The zero-order chi connectivity index (χ0) is 20.3. The summed E-state index contributed by atoms with van der Waals surface area (Å²) in [5, 5.41) is 0. The van der Waals surface area contributed by atoms with Gasteiger partial charge in [-0.25, -0.2) is 0 Å². The molecule has 0 saturated carbocycles. The predicted octanol–water partition coefficient (Wildman–Crippen LogP) is 4.86. The number of rotatable bonds is 9. The lowest BCUT2D eigenvalue weighted by molar-refractivity contribution is 0.130. The quantitative estimate of drug-likeness (QED) is 0.595. The van der Waals surface area contributed by atoms with Gasteiger partial charge in [-0.3, -0.25) is 0 Å². The number of allylic oxidation sites excluding steroid dienone is 6. The van der Waals surface area contributed by atoms with Crippen LogP contribution in [0.25, 0.3) is 0 Å². The molecule has 156 valence electrons. The van der Waals surface area contributed by atoms with E-state index in [0.717, 1.165) is 19.4 Å². The molecule has 1 aliphatic carbocycles. The van der Waals surface area contributed by atoms with E-state index < -0.39 is 0 Å². The van der Waals surface area contributed by atoms with E-state index in [4.69, 9.17) is 0 Å². The lowest BCUT2D eigenvalue weighted by Gasteiger charge is -2.35. The molecule has 2 aliphatic rings. The van der Waals surface area contributed by atoms with Gasteiger partial charge in [0.15, 0.2) is 0 Å². The first-order valence-electron chi connectivity index (χ1n) is 11.2. The fourth-order valence-corrected chi connectivity index (χ4v) is 4.11. The Bertz CT molecular complexity index is 722. The molecule has 3 rings (SSSR count). The lowest BCUT2D eigenvalue weighted by Crippen LogP contribution is -2.47. The van der Waals surface area contributed by atoms with Crippen molar-refractivity contribution in [2.75, 3.05) is 45.8 Å². The van der Waals surface area contributed by atoms with Crippen LogP contribution < -0.4 is 0 Å². The van der Waals surface area contributed by atoms with Gasteiger partial charge in [-0.1, -0.05) is 60.2 Å². The SMILES string of the molecule is C/C=C/N(CCCN1CCN(CCc2ccccc2)CC1)C1=CC=CC=C(C)C1. The maximum Gasteiger partial charge on any atom is 0.0234 e. The Labute approximate surface area is 177 Å². The standard InChI is InChI=1S/C26H37N3/c1-3-15-29(26-13-8-7-10-24(2)23-26)17-9-16-27-19-21-28(22-20-27)18-14-25-11-5-4-6-12-25/h3-8,10-13,15H,9,14,16-23H2,1-2H3/b15-3+. The van der Waals surface area contributed by atoms with Gasteiger partial charge in [0.2, 0.25) is 0 Å². The van der Waals surface area contributed by atoms with Crippen LogP contribution in [0.2, 0.25) is 0 Å². The smallest absolute Gasteiger partial charge is 0.0234 e. The number of benzene rings is 1. The first kappa shape index (κ1) is 21.6. The van der Waals surface area contributed by atoms with Crippen LogP contribution in [0.5, 0.6) is 0 Å². The van der Waals surface area contributed by atoms with Gasteiger partial charge in [0.25, 0.3) is 0 Å². The topological polar surface area (TPSA) is 9.72 Å². The van der Waals surface area contributed by atoms with Crippen LogP contribution in [0.4, 0.5) is 0 Å². The van der Waals surface area contributed by atoms with Gasteiger partial charge < -0.3 is 14.7 Å². The van der Waals surface area contributed by atoms with Gasteiger partial charge >= 0.3 is 0 Å². The third-order valence-corrected chi connectivity index (χ3v) is 5.84. The van der Waals surface area contributed by atoms with Gasteiger partial charge in [0.05, 0.1) is 0 Å². The van der Waals surface area contributed by atoms with E-state index in [1.807, 2.05) is 0 Å². The molecule has 1 saturated heterocycles. The van der Waals surface area contributed by atoms with Crippen molar-refractivity contribution in [2.24, 2.45) is 0 Å². The molecule has 0 atom stereocenters. The van der Waals surface area contributed by atoms with E-state index in [0.29, 0.717) is 0 Å². The third-order valence-electron chi connectivity index (χ3n) is 5.84. The Balaban J connectivity index is 1.37. The normalized spacial score (nSPS) is 18.6. The lowest BCUT2D eigenvalue weighted by atomic mass is 10.1. The van der Waals surface area contributed by atoms with Crippen molar-refractivity contribution >= 4 is 0 Å². The molecule has 0 aromatic heterocycles. The molecule has 0 unspecified atom stereocenters. The summed E-state index contributed by atoms with van der Waals surface area (Å²) in [5.74, 6) is 0. The van der Waals surface area contributed by atoms with E-state index >= 15 is 0 Å². The molecule has 3 nitrogen and oxygen atoms in total. The van der Waals surface area contributed by atoms with E-state index in [2.05, 4.69) is 95.5 Å². The molecule has 0 amide bonds. The van der Waals surface area contributed by atoms with Gasteiger partial charge in [-0.15, -0.1) is 0 Å². The van der Waals surface area contributed by atoms with Crippen molar-refractivity contribution in [1.82, 2.24) is 14.7 Å². The van der Waals surface area contributed by atoms with Crippen LogP contribution in [-0.4, -0.2) is 60.5 Å². The summed E-state index contributed by atoms with van der Waals surface area (Å²) in [4.78, 5) is 7.69. The van der Waals surface area contributed by atoms with Crippen molar-refractivity contribution < 1.29 is 0 Å². The summed E-state index contributed by atoms with van der Waals surface area (Å²) >= 11 is 0. The van der Waals surface area contributed by atoms with Gasteiger partial charge in [-0.2, -0.15) is 0 Å². The second-order valence-corrected chi connectivity index (χ2v) is 8.18. The molecule has 0 N–H and O–H groups in total. The molecule has 3 heteroatoms. The molecular formula is C26H37N3. The second kappa shape index (κ2) is 11.8. The minimum atomic E-state index is 1.04. The zero-order valence-corrected chi connectivity index (χ0v) is 18.3. The Morgan fingerprint density at radius 1 is 0.931 bits per heavy atom. The Morgan fingerprint density at radius 3 is 2.34 bits per heavy atom. The highest BCUT2D eigenvalue weighted by Gasteiger charge is 2.17. The number of nitrogens with zero attached hydrogens (tertiary/aromatic N) is 3. The van der Waals surface area contributed by atoms with Crippen LogP contribution in [-0.2, 0) is 6.42 Å². The van der Waals surface area contributed by atoms with Gasteiger partial charge in [0.1, 0.15) is 0 Å². The molecule has 0 spiro atoms. The van der Waals surface area contributed by atoms with E-state index in [-0.39, 0.29) is 0 Å². The highest BCUT2D eigenvalue weighted by Crippen LogP contribution is 2.19. The fraction of sp³-hybridized carbons (Fsp3) is 0.462. The van der Waals surface area contributed by atoms with Crippen LogP contribution in [0.1, 0.15) is 32.3 Å². The summed E-state index contributed by atoms with van der Waals surface area (Å²) < 4.78 is 0. The summed E-state index contributed by atoms with van der Waals surface area (Å²) in [7, 11) is 0.